The molecule has 0 radical (unpaired) electrons. The van der Waals surface area contributed by atoms with Crippen molar-refractivity contribution in [2.45, 2.75) is 97.8 Å². The van der Waals surface area contributed by atoms with Gasteiger partial charge in [0.1, 0.15) is 0 Å². The van der Waals surface area contributed by atoms with Gasteiger partial charge in [-0.05, 0) is 50.9 Å². The Morgan fingerprint density at radius 1 is 0.600 bits per heavy atom. The van der Waals surface area contributed by atoms with Crippen molar-refractivity contribution in [2.75, 3.05) is 0 Å². The molecule has 118 valence electrons. The highest BCUT2D eigenvalue weighted by Crippen LogP contribution is 2.09. The van der Waals surface area contributed by atoms with Gasteiger partial charge in [0.2, 0.25) is 0 Å². The molecule has 0 amide bonds. The minimum atomic E-state index is 0.807. The molecule has 0 aliphatic rings. The van der Waals surface area contributed by atoms with E-state index < -0.39 is 0 Å². The van der Waals surface area contributed by atoms with E-state index in [1.807, 2.05) is 0 Å². The second kappa shape index (κ2) is 16.5. The van der Waals surface area contributed by atoms with Crippen LogP contribution in [0.15, 0.2) is 24.3 Å². The molecule has 0 fully saturated rings. The maximum absolute atomic E-state index is 2.39. The highest BCUT2D eigenvalue weighted by Gasteiger charge is 1.90. The van der Waals surface area contributed by atoms with Crippen molar-refractivity contribution in [1.82, 2.24) is 0 Å². The largest absolute Gasteiger partial charge is 0.0885 e. The quantitative estimate of drug-likeness (QED) is 0.228. The van der Waals surface area contributed by atoms with E-state index in [9.17, 15) is 0 Å². The number of hydrogen-bond acceptors (Lipinski definition) is 0. The zero-order valence-electron chi connectivity index (χ0n) is 14.4. The Morgan fingerprint density at radius 2 is 1.05 bits per heavy atom. The maximum Gasteiger partial charge on any atom is -0.0327 e. The zero-order chi connectivity index (χ0) is 14.9. The van der Waals surface area contributed by atoms with Crippen LogP contribution in [0.1, 0.15) is 97.8 Å². The Hall–Kier alpha value is -0.520. The van der Waals surface area contributed by atoms with Gasteiger partial charge in [-0.2, -0.15) is 0 Å². The lowest BCUT2D eigenvalue weighted by Crippen LogP contribution is -1.82. The van der Waals surface area contributed by atoms with Gasteiger partial charge in [-0.25, -0.2) is 0 Å². The van der Waals surface area contributed by atoms with Gasteiger partial charge >= 0.3 is 0 Å². The van der Waals surface area contributed by atoms with Gasteiger partial charge in [0.15, 0.2) is 0 Å². The van der Waals surface area contributed by atoms with E-state index in [2.05, 4.69) is 45.1 Å². The van der Waals surface area contributed by atoms with E-state index in [4.69, 9.17) is 0 Å². The fourth-order valence-corrected chi connectivity index (χ4v) is 2.29. The van der Waals surface area contributed by atoms with Crippen LogP contribution in [-0.4, -0.2) is 0 Å². The summed E-state index contributed by atoms with van der Waals surface area (Å²) in [5, 5.41) is 0. The molecule has 0 saturated heterocycles. The van der Waals surface area contributed by atoms with Crippen LogP contribution in [0.5, 0.6) is 0 Å². The van der Waals surface area contributed by atoms with E-state index in [-0.39, 0.29) is 0 Å². The number of allylic oxidation sites excluding steroid dienone is 4. The Balaban J connectivity index is 3.11. The highest BCUT2D eigenvalue weighted by molar-refractivity contribution is 4.82. The second-order valence-electron chi connectivity index (χ2n) is 6.41. The SMILES string of the molecule is CCCCC/C=C/CCCCCCC/C=C/CC(C)C. The van der Waals surface area contributed by atoms with E-state index in [0.29, 0.717) is 0 Å². The Labute approximate surface area is 128 Å². The molecular weight excluding hydrogens is 240 g/mol. The van der Waals surface area contributed by atoms with Crippen molar-refractivity contribution in [2.24, 2.45) is 5.92 Å². The maximum atomic E-state index is 2.39. The standard InChI is InChI=1S/C20H38/c1-4-5-6-7-8-9-10-11-12-13-14-15-16-17-18-19-20(2)3/h8-9,17-18,20H,4-7,10-16,19H2,1-3H3/b9-8+,18-17+. The van der Waals surface area contributed by atoms with Crippen LogP contribution in [0.3, 0.4) is 0 Å². The lowest BCUT2D eigenvalue weighted by Gasteiger charge is -1.99. The predicted molar refractivity (Wildman–Crippen MR) is 94.2 cm³/mol. The van der Waals surface area contributed by atoms with Crippen LogP contribution in [0.25, 0.3) is 0 Å². The third kappa shape index (κ3) is 17.5. The smallest absolute Gasteiger partial charge is 0.0327 e. The summed E-state index contributed by atoms with van der Waals surface area (Å²) in [6.45, 7) is 6.83. The summed E-state index contributed by atoms with van der Waals surface area (Å²) in [5.41, 5.74) is 0. The van der Waals surface area contributed by atoms with Gasteiger partial charge in [0.25, 0.3) is 0 Å². The van der Waals surface area contributed by atoms with E-state index in [1.54, 1.807) is 0 Å². The molecule has 0 aromatic rings. The first-order valence-electron chi connectivity index (χ1n) is 9.07. The minimum Gasteiger partial charge on any atom is -0.0885 e. The summed E-state index contributed by atoms with van der Waals surface area (Å²) in [6.07, 6.45) is 25.7. The third-order valence-corrected chi connectivity index (χ3v) is 3.66. The summed E-state index contributed by atoms with van der Waals surface area (Å²) >= 11 is 0. The third-order valence-electron chi connectivity index (χ3n) is 3.66. The van der Waals surface area contributed by atoms with Gasteiger partial charge in [0, 0.05) is 0 Å². The molecule has 0 nitrogen and oxygen atoms in total. The van der Waals surface area contributed by atoms with Crippen LogP contribution in [0, 0.1) is 5.92 Å². The summed E-state index contributed by atoms with van der Waals surface area (Å²) in [7, 11) is 0. The first-order valence-corrected chi connectivity index (χ1v) is 9.07. The fraction of sp³-hybridized carbons (Fsp3) is 0.800. The number of unbranched alkanes of at least 4 members (excludes halogenated alkanes) is 9. The van der Waals surface area contributed by atoms with Gasteiger partial charge in [0.05, 0.1) is 0 Å². The molecule has 0 N–H and O–H groups in total. The monoisotopic (exact) mass is 278 g/mol. The van der Waals surface area contributed by atoms with Crippen LogP contribution < -0.4 is 0 Å². The molecule has 0 saturated carbocycles. The average Bonchev–Trinajstić information content (AvgIpc) is 2.43. The predicted octanol–water partition coefficient (Wildman–Crippen LogP) is 7.46. The fourth-order valence-electron chi connectivity index (χ4n) is 2.29. The molecule has 0 aliphatic carbocycles. The Bertz CT molecular complexity index is 222. The summed E-state index contributed by atoms with van der Waals surface area (Å²) in [5.74, 6) is 0.807. The molecule has 0 rings (SSSR count). The lowest BCUT2D eigenvalue weighted by molar-refractivity contribution is 0.619. The molecule has 0 bridgehead atoms. The molecule has 20 heavy (non-hydrogen) atoms. The molecule has 0 aliphatic heterocycles. The van der Waals surface area contributed by atoms with Gasteiger partial charge in [-0.15, -0.1) is 0 Å². The molecule has 0 heterocycles. The average molecular weight is 279 g/mol. The molecule has 0 heteroatoms. The summed E-state index contributed by atoms with van der Waals surface area (Å²) in [4.78, 5) is 0. The normalized spacial score (nSPS) is 12.2. The van der Waals surface area contributed by atoms with Crippen molar-refractivity contribution < 1.29 is 0 Å². The Morgan fingerprint density at radius 3 is 1.55 bits per heavy atom. The van der Waals surface area contributed by atoms with E-state index >= 15 is 0 Å². The number of rotatable bonds is 14. The molecule has 0 aromatic heterocycles. The molecule has 0 unspecified atom stereocenters. The molecule has 0 aromatic carbocycles. The van der Waals surface area contributed by atoms with E-state index in [1.165, 1.54) is 77.0 Å². The number of hydrogen-bond donors (Lipinski definition) is 0. The lowest BCUT2D eigenvalue weighted by atomic mass is 10.1. The van der Waals surface area contributed by atoms with E-state index in [0.717, 1.165) is 5.92 Å². The van der Waals surface area contributed by atoms with Crippen LogP contribution in [0.4, 0.5) is 0 Å². The van der Waals surface area contributed by atoms with Crippen molar-refractivity contribution in [3.05, 3.63) is 24.3 Å². The summed E-state index contributed by atoms with van der Waals surface area (Å²) < 4.78 is 0. The highest BCUT2D eigenvalue weighted by atomic mass is 14.0. The first kappa shape index (κ1) is 19.5. The topological polar surface area (TPSA) is 0 Å². The van der Waals surface area contributed by atoms with Crippen LogP contribution in [0.2, 0.25) is 0 Å². The Kier molecular flexibility index (Phi) is 16.1. The van der Waals surface area contributed by atoms with Crippen molar-refractivity contribution in [3.8, 4) is 0 Å². The first-order chi connectivity index (χ1) is 9.77. The van der Waals surface area contributed by atoms with Gasteiger partial charge in [-0.1, -0.05) is 77.2 Å². The van der Waals surface area contributed by atoms with Crippen LogP contribution in [-0.2, 0) is 0 Å². The summed E-state index contributed by atoms with van der Waals surface area (Å²) in [6, 6.07) is 0. The molecule has 0 atom stereocenters. The zero-order valence-corrected chi connectivity index (χ0v) is 14.4. The van der Waals surface area contributed by atoms with Crippen molar-refractivity contribution >= 4 is 0 Å². The second-order valence-corrected chi connectivity index (χ2v) is 6.41. The molecular formula is C20H38. The minimum absolute atomic E-state index is 0.807. The van der Waals surface area contributed by atoms with Gasteiger partial charge in [-0.3, -0.25) is 0 Å². The van der Waals surface area contributed by atoms with Crippen molar-refractivity contribution in [3.63, 3.8) is 0 Å². The molecule has 0 spiro atoms. The van der Waals surface area contributed by atoms with Crippen molar-refractivity contribution in [1.29, 1.82) is 0 Å². The van der Waals surface area contributed by atoms with Crippen LogP contribution >= 0.6 is 0 Å². The van der Waals surface area contributed by atoms with Gasteiger partial charge < -0.3 is 0 Å².